The SMILES string of the molecule is Cc1nnc(-c2cccc(S(=O)(=O)n3ccc(-c4ccnc5ccccc45)n3)c2)o1. The lowest BCUT2D eigenvalue weighted by Crippen LogP contribution is -2.13. The summed E-state index contributed by atoms with van der Waals surface area (Å²) < 4.78 is 32.7. The maximum Gasteiger partial charge on any atom is 0.282 e. The Morgan fingerprint density at radius 3 is 2.67 bits per heavy atom. The van der Waals surface area contributed by atoms with Crippen LogP contribution in [0.2, 0.25) is 0 Å². The highest BCUT2D eigenvalue weighted by atomic mass is 32.2. The lowest BCUT2D eigenvalue weighted by atomic mass is 10.1. The summed E-state index contributed by atoms with van der Waals surface area (Å²) in [7, 11) is -3.90. The zero-order valence-corrected chi connectivity index (χ0v) is 16.6. The fourth-order valence-corrected chi connectivity index (χ4v) is 4.37. The van der Waals surface area contributed by atoms with Gasteiger partial charge in [-0.1, -0.05) is 24.3 Å². The van der Waals surface area contributed by atoms with Crippen LogP contribution >= 0.6 is 0 Å². The molecule has 3 aromatic heterocycles. The average Bonchev–Trinajstić information content (AvgIpc) is 3.43. The number of aryl methyl sites for hydroxylation is 1. The van der Waals surface area contributed by atoms with Gasteiger partial charge in [-0.15, -0.1) is 10.2 Å². The largest absolute Gasteiger partial charge is 0.421 e. The Morgan fingerprint density at radius 2 is 1.83 bits per heavy atom. The molecule has 0 radical (unpaired) electrons. The summed E-state index contributed by atoms with van der Waals surface area (Å²) in [5.74, 6) is 0.661. The van der Waals surface area contributed by atoms with Gasteiger partial charge < -0.3 is 4.42 Å². The Labute approximate surface area is 171 Å². The van der Waals surface area contributed by atoms with Crippen molar-refractivity contribution in [1.29, 1.82) is 0 Å². The maximum atomic E-state index is 13.2. The van der Waals surface area contributed by atoms with Crippen molar-refractivity contribution < 1.29 is 12.8 Å². The molecule has 8 nitrogen and oxygen atoms in total. The lowest BCUT2D eigenvalue weighted by molar-refractivity contribution is 0.532. The molecule has 0 saturated heterocycles. The average molecular weight is 417 g/mol. The van der Waals surface area contributed by atoms with Gasteiger partial charge in [0.25, 0.3) is 10.0 Å². The van der Waals surface area contributed by atoms with Crippen molar-refractivity contribution in [3.63, 3.8) is 0 Å². The predicted octanol–water partition coefficient (Wildman–Crippen LogP) is 3.69. The minimum absolute atomic E-state index is 0.0742. The van der Waals surface area contributed by atoms with Crippen LogP contribution in [0.25, 0.3) is 33.6 Å². The van der Waals surface area contributed by atoms with E-state index in [4.69, 9.17) is 4.42 Å². The number of nitrogens with zero attached hydrogens (tertiary/aromatic N) is 5. The first-order chi connectivity index (χ1) is 14.5. The minimum Gasteiger partial charge on any atom is -0.421 e. The van der Waals surface area contributed by atoms with E-state index in [1.165, 1.54) is 18.3 Å². The van der Waals surface area contributed by atoms with Gasteiger partial charge in [0.1, 0.15) is 0 Å². The van der Waals surface area contributed by atoms with Crippen LogP contribution in [0.15, 0.2) is 82.4 Å². The van der Waals surface area contributed by atoms with E-state index in [0.29, 0.717) is 17.1 Å². The summed E-state index contributed by atoms with van der Waals surface area (Å²) in [5.41, 5.74) is 2.68. The molecule has 5 rings (SSSR count). The van der Waals surface area contributed by atoms with Crippen molar-refractivity contribution >= 4 is 20.9 Å². The summed E-state index contributed by atoms with van der Waals surface area (Å²) in [5, 5.41) is 13.0. The third-order valence-corrected chi connectivity index (χ3v) is 6.19. The van der Waals surface area contributed by atoms with Crippen LogP contribution in [0.5, 0.6) is 0 Å². The first kappa shape index (κ1) is 18.2. The van der Waals surface area contributed by atoms with Crippen LogP contribution in [0.1, 0.15) is 5.89 Å². The van der Waals surface area contributed by atoms with Gasteiger partial charge in [-0.3, -0.25) is 4.98 Å². The number of aromatic nitrogens is 5. The highest BCUT2D eigenvalue weighted by Gasteiger charge is 2.20. The van der Waals surface area contributed by atoms with E-state index >= 15 is 0 Å². The van der Waals surface area contributed by atoms with Crippen molar-refractivity contribution in [2.24, 2.45) is 0 Å². The van der Waals surface area contributed by atoms with Gasteiger partial charge in [-0.25, -0.2) is 0 Å². The molecule has 0 bridgehead atoms. The summed E-state index contributed by atoms with van der Waals surface area (Å²) in [6.45, 7) is 1.67. The van der Waals surface area contributed by atoms with Gasteiger partial charge >= 0.3 is 0 Å². The smallest absolute Gasteiger partial charge is 0.282 e. The number of hydrogen-bond donors (Lipinski definition) is 0. The number of para-hydroxylation sites is 1. The van der Waals surface area contributed by atoms with Crippen LogP contribution < -0.4 is 0 Å². The van der Waals surface area contributed by atoms with Gasteiger partial charge in [0.15, 0.2) is 0 Å². The number of fused-ring (bicyclic) bond motifs is 1. The second-order valence-corrected chi connectivity index (χ2v) is 8.40. The molecule has 3 heterocycles. The number of hydrogen-bond acceptors (Lipinski definition) is 7. The molecular weight excluding hydrogens is 402 g/mol. The minimum atomic E-state index is -3.90. The van der Waals surface area contributed by atoms with Crippen LogP contribution in [-0.2, 0) is 10.0 Å². The molecule has 0 aliphatic carbocycles. The lowest BCUT2D eigenvalue weighted by Gasteiger charge is -2.06. The first-order valence-electron chi connectivity index (χ1n) is 9.08. The molecule has 2 aromatic carbocycles. The fraction of sp³-hybridized carbons (Fsp3) is 0.0476. The molecule has 148 valence electrons. The van der Waals surface area contributed by atoms with Crippen LogP contribution in [0, 0.1) is 6.92 Å². The van der Waals surface area contributed by atoms with Crippen molar-refractivity contribution in [3.05, 3.63) is 78.9 Å². The highest BCUT2D eigenvalue weighted by Crippen LogP contribution is 2.27. The van der Waals surface area contributed by atoms with E-state index in [9.17, 15) is 8.42 Å². The molecule has 0 fully saturated rings. The van der Waals surface area contributed by atoms with Crippen LogP contribution in [0.3, 0.4) is 0 Å². The van der Waals surface area contributed by atoms with E-state index in [2.05, 4.69) is 20.3 Å². The molecule has 0 aliphatic rings. The third kappa shape index (κ3) is 3.05. The molecule has 0 aliphatic heterocycles. The Kier molecular flexibility index (Phi) is 4.18. The van der Waals surface area contributed by atoms with E-state index in [1.807, 2.05) is 30.3 Å². The Bertz CT molecular complexity index is 1480. The molecule has 0 N–H and O–H groups in total. The molecular formula is C21H15N5O3S. The van der Waals surface area contributed by atoms with Crippen LogP contribution in [0.4, 0.5) is 0 Å². The van der Waals surface area contributed by atoms with Crippen molar-refractivity contribution in [2.75, 3.05) is 0 Å². The van der Waals surface area contributed by atoms with Crippen molar-refractivity contribution in [1.82, 2.24) is 24.4 Å². The molecule has 0 amide bonds. The fourth-order valence-electron chi connectivity index (χ4n) is 3.21. The molecule has 30 heavy (non-hydrogen) atoms. The van der Waals surface area contributed by atoms with Crippen molar-refractivity contribution in [3.8, 4) is 22.7 Å². The summed E-state index contributed by atoms with van der Waals surface area (Å²) in [6.07, 6.45) is 3.12. The van der Waals surface area contributed by atoms with E-state index in [-0.39, 0.29) is 10.8 Å². The van der Waals surface area contributed by atoms with E-state index < -0.39 is 10.0 Å². The second-order valence-electron chi connectivity index (χ2n) is 6.61. The molecule has 5 aromatic rings. The molecule has 9 heteroatoms. The summed E-state index contributed by atoms with van der Waals surface area (Å²) in [6, 6.07) is 17.5. The third-order valence-electron chi connectivity index (χ3n) is 4.64. The zero-order chi connectivity index (χ0) is 20.7. The maximum absolute atomic E-state index is 13.2. The van der Waals surface area contributed by atoms with Gasteiger partial charge in [-0.2, -0.15) is 17.6 Å². The molecule has 0 atom stereocenters. The van der Waals surface area contributed by atoms with E-state index in [0.717, 1.165) is 20.6 Å². The monoisotopic (exact) mass is 417 g/mol. The first-order valence-corrected chi connectivity index (χ1v) is 10.5. The second kappa shape index (κ2) is 6.89. The molecule has 0 spiro atoms. The Balaban J connectivity index is 1.56. The summed E-state index contributed by atoms with van der Waals surface area (Å²) in [4.78, 5) is 4.41. The zero-order valence-electron chi connectivity index (χ0n) is 15.8. The highest BCUT2D eigenvalue weighted by molar-refractivity contribution is 7.89. The summed E-state index contributed by atoms with van der Waals surface area (Å²) >= 11 is 0. The quantitative estimate of drug-likeness (QED) is 0.439. The molecule has 0 unspecified atom stereocenters. The van der Waals surface area contributed by atoms with Gasteiger partial charge in [0, 0.05) is 35.8 Å². The van der Waals surface area contributed by atoms with Crippen LogP contribution in [-0.4, -0.2) is 32.8 Å². The number of pyridine rings is 1. The Hall–Kier alpha value is -3.85. The van der Waals surface area contributed by atoms with Crippen molar-refractivity contribution in [2.45, 2.75) is 11.8 Å². The van der Waals surface area contributed by atoms with Gasteiger partial charge in [0.2, 0.25) is 11.8 Å². The van der Waals surface area contributed by atoms with Gasteiger partial charge in [0.05, 0.1) is 16.1 Å². The normalized spacial score (nSPS) is 11.8. The molecule has 0 saturated carbocycles. The topological polar surface area (TPSA) is 104 Å². The number of benzene rings is 2. The number of rotatable bonds is 4. The predicted molar refractivity (Wildman–Crippen MR) is 110 cm³/mol. The Morgan fingerprint density at radius 1 is 0.967 bits per heavy atom. The van der Waals surface area contributed by atoms with Gasteiger partial charge in [-0.05, 0) is 36.4 Å². The standard InChI is InChI=1S/C21H15N5O3S/c1-14-23-24-21(29-14)15-5-4-6-16(13-15)30(27,28)26-12-10-20(25-26)18-9-11-22-19-8-3-2-7-17(18)19/h2-13H,1H3. The van der Waals surface area contributed by atoms with E-state index in [1.54, 1.807) is 31.3 Å².